The molecule has 3 saturated heterocycles. The van der Waals surface area contributed by atoms with Crippen molar-refractivity contribution in [1.82, 2.24) is 5.32 Å². The van der Waals surface area contributed by atoms with E-state index in [0.29, 0.717) is 12.1 Å². The van der Waals surface area contributed by atoms with Crippen LogP contribution in [0.25, 0.3) is 0 Å². The van der Waals surface area contributed by atoms with Crippen LogP contribution < -0.4 is 10.2 Å². The van der Waals surface area contributed by atoms with Gasteiger partial charge >= 0.3 is 12.1 Å². The molecule has 23 heavy (non-hydrogen) atoms. The lowest BCUT2D eigenvalue weighted by Gasteiger charge is -2.47. The zero-order valence-electron chi connectivity index (χ0n) is 12.2. The van der Waals surface area contributed by atoms with Gasteiger partial charge < -0.3 is 15.3 Å². The molecule has 124 valence electrons. The fourth-order valence-electron chi connectivity index (χ4n) is 2.75. The number of anilines is 1. The van der Waals surface area contributed by atoms with E-state index < -0.39 is 12.1 Å². The van der Waals surface area contributed by atoms with Crippen LogP contribution in [0, 0.1) is 11.3 Å². The van der Waals surface area contributed by atoms with Gasteiger partial charge in [-0.05, 0) is 37.1 Å². The van der Waals surface area contributed by atoms with E-state index >= 15 is 0 Å². The van der Waals surface area contributed by atoms with Crippen molar-refractivity contribution in [1.29, 1.82) is 5.26 Å². The van der Waals surface area contributed by atoms with Crippen LogP contribution in [0.15, 0.2) is 24.3 Å². The molecule has 5 nitrogen and oxygen atoms in total. The molecule has 3 aliphatic heterocycles. The number of aliphatic carboxylic acids is 1. The minimum atomic E-state index is -5.08. The summed E-state index contributed by atoms with van der Waals surface area (Å²) in [6.45, 7) is 2.21. The molecular weight excluding hydrogens is 311 g/mol. The first-order valence-corrected chi connectivity index (χ1v) is 7.11. The van der Waals surface area contributed by atoms with Gasteiger partial charge in [-0.15, -0.1) is 0 Å². The molecule has 1 aromatic carbocycles. The Morgan fingerprint density at radius 1 is 1.30 bits per heavy atom. The van der Waals surface area contributed by atoms with Gasteiger partial charge in [-0.25, -0.2) is 4.79 Å². The van der Waals surface area contributed by atoms with Crippen LogP contribution in [-0.2, 0) is 4.79 Å². The highest BCUT2D eigenvalue weighted by molar-refractivity contribution is 5.73. The lowest BCUT2D eigenvalue weighted by molar-refractivity contribution is -0.192. The van der Waals surface area contributed by atoms with Crippen molar-refractivity contribution >= 4 is 11.7 Å². The fraction of sp³-hybridized carbons (Fsp3) is 0.467. The molecule has 3 heterocycles. The molecule has 0 aliphatic carbocycles. The Balaban J connectivity index is 0.000000236. The van der Waals surface area contributed by atoms with Gasteiger partial charge in [-0.2, -0.15) is 18.4 Å². The van der Waals surface area contributed by atoms with E-state index in [1.807, 2.05) is 12.1 Å². The molecule has 4 rings (SSSR count). The van der Waals surface area contributed by atoms with Crippen LogP contribution in [0.1, 0.15) is 18.4 Å². The van der Waals surface area contributed by atoms with E-state index in [2.05, 4.69) is 28.4 Å². The molecule has 2 atom stereocenters. The third-order valence-corrected chi connectivity index (χ3v) is 3.92. The molecule has 8 heteroatoms. The number of piperidine rings is 2. The maximum Gasteiger partial charge on any atom is 0.490 e. The number of rotatable bonds is 1. The number of hydrogen-bond donors (Lipinski definition) is 2. The summed E-state index contributed by atoms with van der Waals surface area (Å²) in [7, 11) is 0. The summed E-state index contributed by atoms with van der Waals surface area (Å²) in [4.78, 5) is 11.4. The monoisotopic (exact) mass is 327 g/mol. The summed E-state index contributed by atoms with van der Waals surface area (Å²) in [5.41, 5.74) is 2.00. The van der Waals surface area contributed by atoms with Gasteiger partial charge in [0.2, 0.25) is 0 Å². The number of alkyl halides is 3. The van der Waals surface area contributed by atoms with Crippen molar-refractivity contribution in [3.63, 3.8) is 0 Å². The Morgan fingerprint density at radius 3 is 2.26 bits per heavy atom. The van der Waals surface area contributed by atoms with Gasteiger partial charge in [-0.1, -0.05) is 0 Å². The molecule has 0 saturated carbocycles. The average Bonchev–Trinajstić information content (AvgIpc) is 2.55. The van der Waals surface area contributed by atoms with Gasteiger partial charge in [0, 0.05) is 30.9 Å². The predicted octanol–water partition coefficient (Wildman–Crippen LogP) is 2.13. The molecule has 2 bridgehead atoms. The first-order valence-electron chi connectivity index (χ1n) is 7.11. The van der Waals surface area contributed by atoms with Gasteiger partial charge in [0.15, 0.2) is 0 Å². The summed E-state index contributed by atoms with van der Waals surface area (Å²) >= 11 is 0. The van der Waals surface area contributed by atoms with Gasteiger partial charge in [-0.3, -0.25) is 0 Å². The fourth-order valence-corrected chi connectivity index (χ4v) is 2.75. The summed E-state index contributed by atoms with van der Waals surface area (Å²) < 4.78 is 31.7. The number of nitrogens with zero attached hydrogens (tertiary/aromatic N) is 2. The quantitative estimate of drug-likeness (QED) is 0.826. The van der Waals surface area contributed by atoms with E-state index in [1.54, 1.807) is 0 Å². The molecule has 2 unspecified atom stereocenters. The maximum atomic E-state index is 10.6. The Labute approximate surface area is 131 Å². The lowest BCUT2D eigenvalue weighted by Crippen LogP contribution is -2.61. The van der Waals surface area contributed by atoms with Gasteiger partial charge in [0.1, 0.15) is 0 Å². The highest BCUT2D eigenvalue weighted by atomic mass is 19.4. The van der Waals surface area contributed by atoms with Crippen LogP contribution in [0.4, 0.5) is 18.9 Å². The number of piperazine rings is 1. The van der Waals surface area contributed by atoms with E-state index in [9.17, 15) is 13.2 Å². The van der Waals surface area contributed by atoms with Crippen molar-refractivity contribution in [2.24, 2.45) is 0 Å². The zero-order valence-corrected chi connectivity index (χ0v) is 12.2. The Morgan fingerprint density at radius 2 is 1.91 bits per heavy atom. The third kappa shape index (κ3) is 4.36. The number of benzene rings is 1. The number of halogens is 3. The number of carbonyl (C=O) groups is 1. The third-order valence-electron chi connectivity index (χ3n) is 3.92. The van der Waals surface area contributed by atoms with Crippen LogP contribution in [-0.4, -0.2) is 42.4 Å². The molecule has 0 radical (unpaired) electrons. The predicted molar refractivity (Wildman–Crippen MR) is 77.0 cm³/mol. The molecule has 0 aromatic heterocycles. The first kappa shape index (κ1) is 17.1. The summed E-state index contributed by atoms with van der Waals surface area (Å²) in [5.74, 6) is -2.76. The van der Waals surface area contributed by atoms with Gasteiger partial charge in [0.05, 0.1) is 11.6 Å². The largest absolute Gasteiger partial charge is 0.490 e. The molecule has 3 aliphatic rings. The number of nitriles is 1. The smallest absolute Gasteiger partial charge is 0.475 e. The normalized spacial score (nSPS) is 22.8. The minimum absolute atomic E-state index is 0.637. The maximum absolute atomic E-state index is 10.6. The molecule has 0 amide bonds. The van der Waals surface area contributed by atoms with Crippen molar-refractivity contribution in [3.05, 3.63) is 29.8 Å². The van der Waals surface area contributed by atoms with Crippen LogP contribution >= 0.6 is 0 Å². The van der Waals surface area contributed by atoms with Crippen LogP contribution in [0.5, 0.6) is 0 Å². The van der Waals surface area contributed by atoms with E-state index in [1.165, 1.54) is 18.5 Å². The number of carboxylic acids is 1. The lowest BCUT2D eigenvalue weighted by atomic mass is 9.92. The highest BCUT2D eigenvalue weighted by Crippen LogP contribution is 2.28. The minimum Gasteiger partial charge on any atom is -0.475 e. The number of fused-ring (bicyclic) bond motifs is 3. The SMILES string of the molecule is N#Cc1ccc(N2CC3CCC2CN3)cc1.O=C(O)C(F)(F)F. The highest BCUT2D eigenvalue weighted by Gasteiger charge is 2.38. The summed E-state index contributed by atoms with van der Waals surface area (Å²) in [6, 6.07) is 11.4. The number of carboxylic acid groups (broad SMARTS) is 1. The van der Waals surface area contributed by atoms with Crippen molar-refractivity contribution < 1.29 is 23.1 Å². The summed E-state index contributed by atoms with van der Waals surface area (Å²) in [5, 5.41) is 19.4. The Kier molecular flexibility index (Phi) is 5.11. The van der Waals surface area contributed by atoms with E-state index in [0.717, 1.165) is 18.7 Å². The van der Waals surface area contributed by atoms with Crippen molar-refractivity contribution in [3.8, 4) is 6.07 Å². The summed E-state index contributed by atoms with van der Waals surface area (Å²) in [6.07, 6.45) is -2.49. The first-order chi connectivity index (χ1) is 10.8. The molecule has 1 aromatic rings. The second kappa shape index (κ2) is 6.87. The molecule has 2 N–H and O–H groups in total. The van der Waals surface area contributed by atoms with Crippen LogP contribution in [0.3, 0.4) is 0 Å². The second-order valence-electron chi connectivity index (χ2n) is 5.45. The molecule has 0 spiro atoms. The Bertz CT molecular complexity index is 587. The number of hydrogen-bond acceptors (Lipinski definition) is 4. The van der Waals surface area contributed by atoms with Crippen molar-refractivity contribution in [2.45, 2.75) is 31.1 Å². The van der Waals surface area contributed by atoms with E-state index in [4.69, 9.17) is 15.2 Å². The number of nitrogens with one attached hydrogen (secondary N) is 1. The standard InChI is InChI=1S/C13H15N3.C2HF3O2/c14-7-10-1-4-12(5-2-10)16-9-11-3-6-13(16)8-15-11;3-2(4,5)1(6)7/h1-2,4-5,11,13,15H,3,6,8-9H2;(H,6,7). The van der Waals surface area contributed by atoms with Gasteiger partial charge in [0.25, 0.3) is 0 Å². The molecular formula is C15H16F3N3O2. The topological polar surface area (TPSA) is 76.4 Å². The zero-order chi connectivity index (χ0) is 17.0. The van der Waals surface area contributed by atoms with E-state index in [-0.39, 0.29) is 0 Å². The van der Waals surface area contributed by atoms with Crippen molar-refractivity contribution in [2.75, 3.05) is 18.0 Å². The average molecular weight is 327 g/mol. The second-order valence-corrected chi connectivity index (χ2v) is 5.45. The Hall–Kier alpha value is -2.27. The van der Waals surface area contributed by atoms with Crippen LogP contribution in [0.2, 0.25) is 0 Å². The molecule has 3 fully saturated rings.